The van der Waals surface area contributed by atoms with Crippen molar-refractivity contribution in [2.75, 3.05) is 21.3 Å². The number of rotatable bonds is 9. The van der Waals surface area contributed by atoms with Crippen LogP contribution in [0.2, 0.25) is 39.3 Å². The Labute approximate surface area is 163 Å². The zero-order chi connectivity index (χ0) is 21.0. The molecule has 27 heavy (non-hydrogen) atoms. The van der Waals surface area contributed by atoms with Gasteiger partial charge in [-0.2, -0.15) is 0 Å². The topological polar surface area (TPSA) is 83.5 Å². The molecule has 0 radical (unpaired) electrons. The van der Waals surface area contributed by atoms with E-state index in [2.05, 4.69) is 0 Å². The van der Waals surface area contributed by atoms with Gasteiger partial charge in [0, 0.05) is 6.08 Å². The van der Waals surface area contributed by atoms with Gasteiger partial charge in [0.1, 0.15) is 0 Å². The van der Waals surface area contributed by atoms with Gasteiger partial charge in [-0.15, -0.1) is 0 Å². The summed E-state index contributed by atoms with van der Waals surface area (Å²) in [6.45, 7) is 12.2. The highest BCUT2D eigenvalue weighted by Crippen LogP contribution is 2.55. The molecule has 7 nitrogen and oxygen atoms in total. The van der Waals surface area contributed by atoms with Crippen LogP contribution in [0.3, 0.4) is 0 Å². The molecule has 0 spiro atoms. The number of ether oxygens (including phenoxy) is 3. The Hall–Kier alpha value is -2.14. The van der Waals surface area contributed by atoms with Crippen LogP contribution in [0.15, 0.2) is 6.08 Å². The number of carbonyl (C=O) groups is 1. The molecule has 0 fully saturated rings. The van der Waals surface area contributed by atoms with Crippen molar-refractivity contribution in [3.05, 3.63) is 11.6 Å². The highest BCUT2D eigenvalue weighted by Gasteiger charge is 2.33. The predicted octanol–water partition coefficient (Wildman–Crippen LogP) is 4.24. The fourth-order valence-corrected chi connectivity index (χ4v) is 3.96. The lowest BCUT2D eigenvalue weighted by Gasteiger charge is -2.30. The molecule has 9 heteroatoms. The summed E-state index contributed by atoms with van der Waals surface area (Å²) in [6.07, 6.45) is 2.45. The Bertz CT molecular complexity index is 716. The van der Waals surface area contributed by atoms with Crippen LogP contribution in [-0.4, -0.2) is 49.0 Å². The molecule has 1 rings (SSSR count). The monoisotopic (exact) mass is 414 g/mol. The molecule has 0 amide bonds. The van der Waals surface area contributed by atoms with E-state index in [9.17, 15) is 4.79 Å². The second-order valence-corrected chi connectivity index (χ2v) is 16.6. The van der Waals surface area contributed by atoms with E-state index in [0.29, 0.717) is 34.3 Å². The molecule has 1 aromatic carbocycles. The Balaban J connectivity index is 4.00. The van der Waals surface area contributed by atoms with Crippen LogP contribution in [0.4, 0.5) is 0 Å². The maximum atomic E-state index is 11.1. The molecule has 0 aromatic heterocycles. The minimum Gasteiger partial charge on any atom is -0.541 e. The third-order valence-electron chi connectivity index (χ3n) is 3.14. The summed E-state index contributed by atoms with van der Waals surface area (Å²) in [5.74, 6) is 0.727. The van der Waals surface area contributed by atoms with Gasteiger partial charge in [-0.05, 0) is 45.4 Å². The normalized spacial score (nSPS) is 12.0. The summed E-state index contributed by atoms with van der Waals surface area (Å²) in [6, 6.07) is 0. The van der Waals surface area contributed by atoms with Crippen molar-refractivity contribution in [2.45, 2.75) is 39.3 Å². The first kappa shape index (κ1) is 22.9. The highest BCUT2D eigenvalue weighted by molar-refractivity contribution is 6.71. The SMILES string of the molecule is COc1c(C=CC(=O)O)c(O[Si](C)(C)C)c(O[Si](C)(C)C)c(OC)c1OC. The van der Waals surface area contributed by atoms with Crippen LogP contribution < -0.4 is 23.1 Å². The van der Waals surface area contributed by atoms with Gasteiger partial charge >= 0.3 is 5.97 Å². The van der Waals surface area contributed by atoms with Crippen molar-refractivity contribution in [3.8, 4) is 28.7 Å². The number of hydrogen-bond acceptors (Lipinski definition) is 6. The van der Waals surface area contributed by atoms with Gasteiger partial charge < -0.3 is 28.2 Å². The maximum Gasteiger partial charge on any atom is 0.328 e. The van der Waals surface area contributed by atoms with Gasteiger partial charge in [0.15, 0.2) is 17.2 Å². The fourth-order valence-electron chi connectivity index (χ4n) is 2.34. The zero-order valence-corrected chi connectivity index (χ0v) is 19.6. The lowest BCUT2D eigenvalue weighted by Crippen LogP contribution is -2.33. The number of aliphatic carboxylic acids is 1. The number of carboxylic acid groups (broad SMARTS) is 1. The lowest BCUT2D eigenvalue weighted by atomic mass is 10.1. The molecule has 1 aromatic rings. The summed E-state index contributed by atoms with van der Waals surface area (Å²) in [5, 5.41) is 9.10. The van der Waals surface area contributed by atoms with Gasteiger partial charge in [0.2, 0.25) is 28.1 Å². The van der Waals surface area contributed by atoms with E-state index in [4.69, 9.17) is 28.2 Å². The number of carboxylic acids is 1. The summed E-state index contributed by atoms with van der Waals surface area (Å²) < 4.78 is 29.2. The van der Waals surface area contributed by atoms with Crippen molar-refractivity contribution in [2.24, 2.45) is 0 Å². The predicted molar refractivity (Wildman–Crippen MR) is 111 cm³/mol. The van der Waals surface area contributed by atoms with Gasteiger partial charge in [-0.1, -0.05) is 0 Å². The van der Waals surface area contributed by atoms with E-state index >= 15 is 0 Å². The van der Waals surface area contributed by atoms with Crippen molar-refractivity contribution < 1.29 is 33.0 Å². The lowest BCUT2D eigenvalue weighted by molar-refractivity contribution is -0.131. The highest BCUT2D eigenvalue weighted by atomic mass is 28.4. The smallest absolute Gasteiger partial charge is 0.328 e. The molecule has 0 aliphatic heterocycles. The zero-order valence-electron chi connectivity index (χ0n) is 17.6. The third-order valence-corrected chi connectivity index (χ3v) is 4.77. The standard InChI is InChI=1S/C18H30O7Si2/c1-21-14-12(10-11-13(19)20)15(24-26(4,5)6)18(25-27(7,8)9)17(23-3)16(14)22-2/h10-11H,1-9H3,(H,19,20). The Kier molecular flexibility index (Phi) is 7.38. The fraction of sp³-hybridized carbons (Fsp3) is 0.500. The second-order valence-electron chi connectivity index (χ2n) is 7.77. The molecule has 0 heterocycles. The van der Waals surface area contributed by atoms with Crippen LogP contribution in [0.5, 0.6) is 28.7 Å². The van der Waals surface area contributed by atoms with Crippen LogP contribution >= 0.6 is 0 Å². The van der Waals surface area contributed by atoms with Crippen molar-refractivity contribution in [1.29, 1.82) is 0 Å². The first-order valence-corrected chi connectivity index (χ1v) is 15.3. The molecule has 0 atom stereocenters. The van der Waals surface area contributed by atoms with Gasteiger partial charge in [-0.3, -0.25) is 0 Å². The van der Waals surface area contributed by atoms with E-state index in [1.165, 1.54) is 27.4 Å². The molecular formula is C18H30O7Si2. The van der Waals surface area contributed by atoms with E-state index in [1.807, 2.05) is 39.3 Å². The first-order valence-electron chi connectivity index (χ1n) is 8.49. The maximum absolute atomic E-state index is 11.1. The summed E-state index contributed by atoms with van der Waals surface area (Å²) in [7, 11) is 0.327. The van der Waals surface area contributed by atoms with Crippen molar-refractivity contribution in [1.82, 2.24) is 0 Å². The number of hydrogen-bond donors (Lipinski definition) is 1. The average Bonchev–Trinajstić information content (AvgIpc) is 2.51. The number of benzene rings is 1. The van der Waals surface area contributed by atoms with E-state index in [1.54, 1.807) is 0 Å². The van der Waals surface area contributed by atoms with Gasteiger partial charge in [0.25, 0.3) is 0 Å². The molecule has 0 aliphatic rings. The second kappa shape index (κ2) is 8.70. The summed E-state index contributed by atoms with van der Waals surface area (Å²) >= 11 is 0. The molecule has 0 bridgehead atoms. The molecule has 1 N–H and O–H groups in total. The molecule has 0 unspecified atom stereocenters. The minimum absolute atomic E-state index is 0.321. The molecular weight excluding hydrogens is 384 g/mol. The summed E-state index contributed by atoms with van der Waals surface area (Å²) in [4.78, 5) is 11.1. The molecule has 0 aliphatic carbocycles. The van der Waals surface area contributed by atoms with Crippen molar-refractivity contribution >= 4 is 28.7 Å². The Morgan fingerprint density at radius 3 is 1.52 bits per heavy atom. The van der Waals surface area contributed by atoms with Crippen LogP contribution in [0.25, 0.3) is 6.08 Å². The number of methoxy groups -OCH3 is 3. The molecule has 0 saturated carbocycles. The van der Waals surface area contributed by atoms with Crippen molar-refractivity contribution in [3.63, 3.8) is 0 Å². The van der Waals surface area contributed by atoms with E-state index in [-0.39, 0.29) is 0 Å². The Morgan fingerprint density at radius 1 is 0.741 bits per heavy atom. The summed E-state index contributed by atoms with van der Waals surface area (Å²) in [5.41, 5.74) is 0.438. The minimum atomic E-state index is -2.09. The van der Waals surface area contributed by atoms with Crippen LogP contribution in [0.1, 0.15) is 5.56 Å². The molecule has 0 saturated heterocycles. The first-order chi connectivity index (χ1) is 12.3. The average molecular weight is 415 g/mol. The van der Waals surface area contributed by atoms with Gasteiger partial charge in [0.05, 0.1) is 26.9 Å². The van der Waals surface area contributed by atoms with Crippen LogP contribution in [0, 0.1) is 0 Å². The third kappa shape index (κ3) is 6.21. The van der Waals surface area contributed by atoms with E-state index in [0.717, 1.165) is 6.08 Å². The Morgan fingerprint density at radius 2 is 1.15 bits per heavy atom. The van der Waals surface area contributed by atoms with Crippen LogP contribution in [-0.2, 0) is 4.79 Å². The van der Waals surface area contributed by atoms with E-state index < -0.39 is 22.6 Å². The molecule has 152 valence electrons. The van der Waals surface area contributed by atoms with Gasteiger partial charge in [-0.25, -0.2) is 4.79 Å². The quantitative estimate of drug-likeness (QED) is 0.478. The largest absolute Gasteiger partial charge is 0.541 e.